The van der Waals surface area contributed by atoms with Gasteiger partial charge in [-0.05, 0) is 43.3 Å². The Morgan fingerprint density at radius 2 is 1.18 bits per heavy atom. The predicted octanol–water partition coefficient (Wildman–Crippen LogP) is 3.25. The van der Waals surface area contributed by atoms with Gasteiger partial charge in [0.2, 0.25) is 11.8 Å². The van der Waals surface area contributed by atoms with E-state index in [0.29, 0.717) is 12.1 Å². The summed E-state index contributed by atoms with van der Waals surface area (Å²) < 4.78 is 118. The third-order valence-corrected chi connectivity index (χ3v) is 6.80. The summed E-state index contributed by atoms with van der Waals surface area (Å²) in [5.74, 6) is -0.623. The Morgan fingerprint density at radius 1 is 0.795 bits per heavy atom. The molecule has 4 rings (SSSR count). The van der Waals surface area contributed by atoms with Crippen molar-refractivity contribution in [2.75, 3.05) is 11.9 Å². The molecule has 2 amide bonds. The van der Waals surface area contributed by atoms with Crippen LogP contribution in [-0.4, -0.2) is 66.8 Å². The van der Waals surface area contributed by atoms with Crippen LogP contribution < -0.4 is 35.7 Å². The number of fused-ring (bicyclic) bond motifs is 3. The van der Waals surface area contributed by atoms with Crippen LogP contribution in [0.15, 0.2) is 53.8 Å². The Labute approximate surface area is 262 Å². The number of imide groups is 1. The number of benzene rings is 1. The van der Waals surface area contributed by atoms with Crippen molar-refractivity contribution in [1.82, 2.24) is 35.7 Å². The molecule has 1 aliphatic carbocycles. The number of halogens is 6. The first kappa shape index (κ1) is 51.1. The van der Waals surface area contributed by atoms with Crippen LogP contribution in [0.4, 0.5) is 32.0 Å². The number of likely N-dealkylation sites (N-methyl/N-ethyl adjacent to an activating group) is 1. The van der Waals surface area contributed by atoms with Crippen LogP contribution in [0.1, 0.15) is 13.3 Å². The number of hydrogen-bond acceptors (Lipinski definition) is 14. The largest absolute Gasteiger partial charge is 2.00 e. The van der Waals surface area contributed by atoms with E-state index in [2.05, 4.69) is 17.9 Å². The fourth-order valence-electron chi connectivity index (χ4n) is 4.05. The van der Waals surface area contributed by atoms with Gasteiger partial charge in [-0.2, -0.15) is 26.3 Å². The summed E-state index contributed by atoms with van der Waals surface area (Å²) in [7, 11) is -10.2. The van der Waals surface area contributed by atoms with Crippen molar-refractivity contribution in [2.24, 2.45) is 11.8 Å². The Bertz CT molecular complexity index is 1340. The third kappa shape index (κ3) is 11.1. The molecule has 1 aromatic rings. The van der Waals surface area contributed by atoms with Gasteiger partial charge in [-0.25, -0.2) is 21.7 Å². The van der Waals surface area contributed by atoms with Crippen LogP contribution in [0.2, 0.25) is 0 Å². The summed E-state index contributed by atoms with van der Waals surface area (Å²) in [6.45, 7) is 2.07. The van der Waals surface area contributed by atoms with Crippen molar-refractivity contribution < 1.29 is 81.7 Å². The average molecular weight is 868 g/mol. The van der Waals surface area contributed by atoms with Gasteiger partial charge in [-0.1, -0.05) is 23.8 Å². The van der Waals surface area contributed by atoms with Gasteiger partial charge in [0.1, 0.15) is 0 Å². The van der Waals surface area contributed by atoms with Crippen molar-refractivity contribution in [3.8, 4) is 0 Å². The molecule has 1 saturated heterocycles. The maximum Gasteiger partial charge on any atom is 2.00 e. The first-order valence-corrected chi connectivity index (χ1v) is 13.0. The summed E-state index contributed by atoms with van der Waals surface area (Å²) in [5, 5.41) is 0. The second-order valence-electron chi connectivity index (χ2n) is 8.15. The molecule has 0 saturated carbocycles. The molecular formula is C20H33F6N7O8OsS2. The molecule has 2 aliphatic heterocycles. The number of anilines is 1. The normalized spacial score (nSPS) is 20.2. The fourth-order valence-corrected chi connectivity index (χ4v) is 4.05. The summed E-state index contributed by atoms with van der Waals surface area (Å²) >= 11 is 0. The fraction of sp³-hybridized carbons (Fsp3) is 0.400. The Hall–Kier alpha value is -2.52. The van der Waals surface area contributed by atoms with E-state index >= 15 is 0 Å². The first-order chi connectivity index (χ1) is 17.1. The number of allylic oxidation sites excluding steroid dienone is 1. The average Bonchev–Trinajstić information content (AvgIpc) is 3.25. The smallest absolute Gasteiger partial charge is 0.741 e. The van der Waals surface area contributed by atoms with Crippen LogP contribution in [0.25, 0.3) is 0 Å². The van der Waals surface area contributed by atoms with Crippen molar-refractivity contribution in [1.29, 1.82) is 0 Å². The van der Waals surface area contributed by atoms with E-state index in [0.717, 1.165) is 0 Å². The monoisotopic (exact) mass is 869 g/mol. The number of carbonyl (C=O) groups excluding carboxylic acids is 2. The first-order valence-electron chi connectivity index (χ1n) is 10.2. The second-order valence-corrected chi connectivity index (χ2v) is 10.9. The topological polar surface area (TPSA) is 330 Å². The summed E-state index contributed by atoms with van der Waals surface area (Å²) in [6, 6.07) is 9.26. The summed E-state index contributed by atoms with van der Waals surface area (Å²) in [5.41, 5.74) is -8.18. The van der Waals surface area contributed by atoms with Crippen LogP contribution in [0, 0.1) is 11.8 Å². The van der Waals surface area contributed by atoms with Crippen LogP contribution in [-0.2, 0) is 49.6 Å². The van der Waals surface area contributed by atoms with E-state index in [1.807, 2.05) is 43.6 Å². The molecule has 0 radical (unpaired) electrons. The van der Waals surface area contributed by atoms with Gasteiger partial charge in [0, 0.05) is 7.05 Å². The quantitative estimate of drug-likeness (QED) is 0.117. The minimum Gasteiger partial charge on any atom is -0.741 e. The molecule has 24 heteroatoms. The minimum absolute atomic E-state index is 0. The van der Waals surface area contributed by atoms with E-state index in [1.165, 1.54) is 16.0 Å². The molecule has 1 aromatic carbocycles. The molecule has 44 heavy (non-hydrogen) atoms. The minimum atomic E-state index is -6.09. The number of carbonyl (C=O) groups is 2. The van der Waals surface area contributed by atoms with Crippen molar-refractivity contribution >= 4 is 37.7 Å². The maximum atomic E-state index is 13.0. The summed E-state index contributed by atoms with van der Waals surface area (Å²) in [4.78, 5) is 29.3. The zero-order valence-corrected chi connectivity index (χ0v) is 27.3. The van der Waals surface area contributed by atoms with E-state index in [-0.39, 0.29) is 80.2 Å². The van der Waals surface area contributed by atoms with Crippen molar-refractivity contribution in [3.63, 3.8) is 0 Å². The number of para-hydroxylation sites is 1. The predicted molar refractivity (Wildman–Crippen MR) is 141 cm³/mol. The SMILES string of the molecule is CC1=C2C=CN(C)[C@H]2[C@H]2C(=O)N(c3ccccc3)C(=O)[C@H]2C1.N.N.N.N.N.O=S(=O)([O-])C(F)(F)F.O=S(=O)([O-])C(F)(F)F.[Os+2]. The van der Waals surface area contributed by atoms with E-state index in [1.54, 1.807) is 0 Å². The van der Waals surface area contributed by atoms with Crippen molar-refractivity contribution in [2.45, 2.75) is 30.4 Å². The van der Waals surface area contributed by atoms with Gasteiger partial charge in [-0.15, -0.1) is 0 Å². The standard InChI is InChI=1S/C18H18N2O2.2CHF3O3S.5H3N.Os/c1-11-10-14-15(16-13(11)8-9-19(16)2)18(22)20(17(14)21)12-6-4-3-5-7-12;2*2-1(3,4)8(5,6)7;;;;;;/h3-9,14-16H,10H2,1-2H3;2*(H,5,6,7);5*1H3;/q;;;;;;;;+2/p-2/t14-,15-,16+;;;;;;;;/m0......../s1. The second kappa shape index (κ2) is 17.8. The maximum absolute atomic E-state index is 13.0. The van der Waals surface area contributed by atoms with Gasteiger partial charge < -0.3 is 44.8 Å². The Morgan fingerprint density at radius 3 is 1.55 bits per heavy atom. The van der Waals surface area contributed by atoms with E-state index < -0.39 is 31.3 Å². The zero-order chi connectivity index (χ0) is 29.4. The van der Waals surface area contributed by atoms with Crippen LogP contribution >= 0.6 is 0 Å². The molecule has 3 aliphatic rings. The third-order valence-electron chi connectivity index (χ3n) is 5.66. The Balaban J connectivity index is -0.000000198. The molecule has 3 atom stereocenters. The van der Waals surface area contributed by atoms with Gasteiger partial charge >= 0.3 is 30.8 Å². The van der Waals surface area contributed by atoms with Gasteiger partial charge in [-0.3, -0.25) is 9.59 Å². The Kier molecular flexibility index (Phi) is 20.7. The molecule has 0 bridgehead atoms. The molecule has 258 valence electrons. The number of amides is 2. The van der Waals surface area contributed by atoms with Gasteiger partial charge in [0.15, 0.2) is 20.2 Å². The molecule has 1 fully saturated rings. The number of hydrogen-bond donors (Lipinski definition) is 5. The molecule has 2 heterocycles. The molecule has 0 spiro atoms. The molecule has 15 nitrogen and oxygen atoms in total. The number of nitrogens with zero attached hydrogens (tertiary/aromatic N) is 2. The molecule has 0 aromatic heterocycles. The zero-order valence-electron chi connectivity index (χ0n) is 23.1. The molecule has 0 unspecified atom stereocenters. The summed E-state index contributed by atoms with van der Waals surface area (Å²) in [6.07, 6.45) is 4.77. The van der Waals surface area contributed by atoms with Gasteiger partial charge in [0.05, 0.1) is 23.6 Å². The van der Waals surface area contributed by atoms with Crippen LogP contribution in [0.3, 0.4) is 0 Å². The van der Waals surface area contributed by atoms with Crippen molar-refractivity contribution in [3.05, 3.63) is 53.8 Å². The number of rotatable bonds is 1. The van der Waals surface area contributed by atoms with E-state index in [9.17, 15) is 35.9 Å². The molecular weight excluding hydrogens is 835 g/mol. The molecule has 15 N–H and O–H groups in total. The van der Waals surface area contributed by atoms with E-state index in [4.69, 9.17) is 25.9 Å². The van der Waals surface area contributed by atoms with Gasteiger partial charge in [0.25, 0.3) is 0 Å². The van der Waals surface area contributed by atoms with Crippen LogP contribution in [0.5, 0.6) is 0 Å². The number of alkyl halides is 6.